The van der Waals surface area contributed by atoms with Crippen LogP contribution in [0.1, 0.15) is 46.9 Å². The molecule has 0 bridgehead atoms. The highest BCUT2D eigenvalue weighted by atomic mass is 16.2. The standard InChI is InChI=1S/C20H21NO3/c1-3-4-14-18(22)19(23)16-12-8-9-13-17(16)20(24)21(2)15-10-6-5-7-11-15/h5-13H,3-4,14H2,1-2H3. The number of nitrogens with zero attached hydrogens (tertiary/aromatic N) is 1. The van der Waals surface area contributed by atoms with Gasteiger partial charge in [0.05, 0.1) is 5.56 Å². The second-order valence-corrected chi connectivity index (χ2v) is 5.60. The summed E-state index contributed by atoms with van der Waals surface area (Å²) in [6.45, 7) is 1.96. The number of benzene rings is 2. The second kappa shape index (κ2) is 8.20. The number of carbonyl (C=O) groups is 3. The molecule has 0 aliphatic rings. The van der Waals surface area contributed by atoms with E-state index in [0.717, 1.165) is 12.1 Å². The summed E-state index contributed by atoms with van der Waals surface area (Å²) in [5, 5.41) is 0. The van der Waals surface area contributed by atoms with Crippen LogP contribution in [0, 0.1) is 0 Å². The lowest BCUT2D eigenvalue weighted by atomic mass is 9.98. The van der Waals surface area contributed by atoms with Gasteiger partial charge in [-0.05, 0) is 24.6 Å². The molecule has 2 rings (SSSR count). The Morgan fingerprint density at radius 2 is 1.46 bits per heavy atom. The zero-order valence-corrected chi connectivity index (χ0v) is 14.0. The van der Waals surface area contributed by atoms with Gasteiger partial charge in [-0.3, -0.25) is 14.4 Å². The highest BCUT2D eigenvalue weighted by Crippen LogP contribution is 2.18. The lowest BCUT2D eigenvalue weighted by Crippen LogP contribution is -2.29. The fourth-order valence-electron chi connectivity index (χ4n) is 2.42. The van der Waals surface area contributed by atoms with Gasteiger partial charge in [0.1, 0.15) is 0 Å². The van der Waals surface area contributed by atoms with E-state index in [0.29, 0.717) is 6.42 Å². The zero-order chi connectivity index (χ0) is 17.5. The Bertz CT molecular complexity index is 738. The van der Waals surface area contributed by atoms with Crippen molar-refractivity contribution in [2.75, 3.05) is 11.9 Å². The van der Waals surface area contributed by atoms with E-state index >= 15 is 0 Å². The molecule has 2 aromatic rings. The SMILES string of the molecule is CCCCC(=O)C(=O)c1ccccc1C(=O)N(C)c1ccccc1. The van der Waals surface area contributed by atoms with Crippen LogP contribution >= 0.6 is 0 Å². The molecule has 0 N–H and O–H groups in total. The molecule has 0 aliphatic heterocycles. The van der Waals surface area contributed by atoms with Gasteiger partial charge in [0, 0.05) is 24.7 Å². The number of ketones is 2. The summed E-state index contributed by atoms with van der Waals surface area (Å²) in [5.74, 6) is -1.35. The molecule has 0 saturated heterocycles. The van der Waals surface area contributed by atoms with Gasteiger partial charge in [0.15, 0.2) is 0 Å². The Balaban J connectivity index is 2.30. The Kier molecular flexibility index (Phi) is 6.01. The van der Waals surface area contributed by atoms with E-state index < -0.39 is 11.6 Å². The van der Waals surface area contributed by atoms with Gasteiger partial charge < -0.3 is 4.90 Å². The minimum absolute atomic E-state index is 0.173. The number of unbranched alkanes of at least 4 members (excludes halogenated alkanes) is 1. The second-order valence-electron chi connectivity index (χ2n) is 5.60. The number of Topliss-reactive ketones (excluding diaryl/α,β-unsaturated/α-hetero) is 2. The summed E-state index contributed by atoms with van der Waals surface area (Å²) in [4.78, 5) is 38.7. The molecule has 0 atom stereocenters. The lowest BCUT2D eigenvalue weighted by molar-refractivity contribution is -0.115. The fourth-order valence-corrected chi connectivity index (χ4v) is 2.42. The van der Waals surface area contributed by atoms with Gasteiger partial charge in [-0.25, -0.2) is 0 Å². The van der Waals surface area contributed by atoms with Crippen LogP contribution in [0.4, 0.5) is 5.69 Å². The average Bonchev–Trinajstić information content (AvgIpc) is 2.65. The summed E-state index contributed by atoms with van der Waals surface area (Å²) >= 11 is 0. The first-order valence-corrected chi connectivity index (χ1v) is 8.06. The molecule has 2 aromatic carbocycles. The van der Waals surface area contributed by atoms with Crippen molar-refractivity contribution in [2.45, 2.75) is 26.2 Å². The molecule has 4 nitrogen and oxygen atoms in total. The summed E-state index contributed by atoms with van der Waals surface area (Å²) < 4.78 is 0. The van der Waals surface area contributed by atoms with E-state index in [1.165, 1.54) is 11.0 Å². The molecule has 24 heavy (non-hydrogen) atoms. The predicted octanol–water partition coefficient (Wildman–Crippen LogP) is 3.91. The van der Waals surface area contributed by atoms with Crippen LogP contribution in [0.2, 0.25) is 0 Å². The van der Waals surface area contributed by atoms with Gasteiger partial charge >= 0.3 is 0 Å². The minimum atomic E-state index is -0.589. The largest absolute Gasteiger partial charge is 0.311 e. The molecule has 0 fully saturated rings. The molecular formula is C20H21NO3. The fraction of sp³-hybridized carbons (Fsp3) is 0.250. The number of para-hydroxylation sites is 1. The van der Waals surface area contributed by atoms with E-state index in [4.69, 9.17) is 0 Å². The number of anilines is 1. The summed E-state index contributed by atoms with van der Waals surface area (Å²) in [6.07, 6.45) is 1.73. The third kappa shape index (κ3) is 3.96. The molecule has 0 radical (unpaired) electrons. The van der Waals surface area contributed by atoms with Gasteiger partial charge in [-0.15, -0.1) is 0 Å². The van der Waals surface area contributed by atoms with Crippen molar-refractivity contribution in [2.24, 2.45) is 0 Å². The third-order valence-electron chi connectivity index (χ3n) is 3.86. The number of amides is 1. The highest BCUT2D eigenvalue weighted by Gasteiger charge is 2.24. The number of hydrogen-bond acceptors (Lipinski definition) is 3. The monoisotopic (exact) mass is 323 g/mol. The summed E-state index contributed by atoms with van der Waals surface area (Å²) in [7, 11) is 1.65. The van der Waals surface area contributed by atoms with Gasteiger partial charge in [0.2, 0.25) is 11.6 Å². The molecule has 1 amide bonds. The molecular weight excluding hydrogens is 302 g/mol. The van der Waals surface area contributed by atoms with E-state index in [1.54, 1.807) is 25.2 Å². The smallest absolute Gasteiger partial charge is 0.258 e. The molecule has 0 saturated carbocycles. The van der Waals surface area contributed by atoms with Gasteiger partial charge in [0.25, 0.3) is 5.91 Å². The molecule has 0 aliphatic carbocycles. The van der Waals surface area contributed by atoms with Crippen LogP contribution in [0.3, 0.4) is 0 Å². The maximum absolute atomic E-state index is 12.8. The van der Waals surface area contributed by atoms with E-state index in [9.17, 15) is 14.4 Å². The van der Waals surface area contributed by atoms with Crippen molar-refractivity contribution in [3.8, 4) is 0 Å². The first-order valence-electron chi connectivity index (χ1n) is 8.06. The van der Waals surface area contributed by atoms with Crippen molar-refractivity contribution >= 4 is 23.2 Å². The molecule has 0 heterocycles. The van der Waals surface area contributed by atoms with E-state index in [1.807, 2.05) is 37.3 Å². The topological polar surface area (TPSA) is 54.5 Å². The van der Waals surface area contributed by atoms with Gasteiger partial charge in [-0.2, -0.15) is 0 Å². The molecule has 0 unspecified atom stereocenters. The Morgan fingerprint density at radius 1 is 0.875 bits per heavy atom. The molecule has 0 aromatic heterocycles. The number of rotatable bonds is 7. The normalized spacial score (nSPS) is 10.2. The Hall–Kier alpha value is -2.75. The van der Waals surface area contributed by atoms with Crippen molar-refractivity contribution in [1.82, 2.24) is 0 Å². The predicted molar refractivity (Wildman–Crippen MR) is 94.5 cm³/mol. The lowest BCUT2D eigenvalue weighted by Gasteiger charge is -2.18. The third-order valence-corrected chi connectivity index (χ3v) is 3.86. The number of hydrogen-bond donors (Lipinski definition) is 0. The van der Waals surface area contributed by atoms with Crippen LogP contribution in [0.25, 0.3) is 0 Å². The zero-order valence-electron chi connectivity index (χ0n) is 14.0. The Labute approximate surface area is 142 Å². The summed E-state index contributed by atoms with van der Waals surface area (Å²) in [6, 6.07) is 15.7. The van der Waals surface area contributed by atoms with Crippen molar-refractivity contribution in [1.29, 1.82) is 0 Å². The van der Waals surface area contributed by atoms with Crippen LogP contribution < -0.4 is 4.90 Å². The van der Waals surface area contributed by atoms with Crippen molar-refractivity contribution in [3.05, 3.63) is 65.7 Å². The van der Waals surface area contributed by atoms with Crippen LogP contribution in [-0.4, -0.2) is 24.5 Å². The molecule has 0 spiro atoms. The number of carbonyl (C=O) groups excluding carboxylic acids is 3. The van der Waals surface area contributed by atoms with E-state index in [2.05, 4.69) is 0 Å². The average molecular weight is 323 g/mol. The molecule has 4 heteroatoms. The summed E-state index contributed by atoms with van der Waals surface area (Å²) in [5.41, 5.74) is 1.15. The Morgan fingerprint density at radius 3 is 2.08 bits per heavy atom. The van der Waals surface area contributed by atoms with Crippen molar-refractivity contribution < 1.29 is 14.4 Å². The van der Waals surface area contributed by atoms with E-state index in [-0.39, 0.29) is 23.5 Å². The van der Waals surface area contributed by atoms with Crippen molar-refractivity contribution in [3.63, 3.8) is 0 Å². The quantitative estimate of drug-likeness (QED) is 0.573. The first kappa shape index (κ1) is 17.6. The van der Waals surface area contributed by atoms with Crippen LogP contribution in [-0.2, 0) is 4.79 Å². The van der Waals surface area contributed by atoms with Gasteiger partial charge in [-0.1, -0.05) is 49.7 Å². The maximum atomic E-state index is 12.8. The highest BCUT2D eigenvalue weighted by molar-refractivity contribution is 6.45. The van der Waals surface area contributed by atoms with Crippen LogP contribution in [0.5, 0.6) is 0 Å². The van der Waals surface area contributed by atoms with Crippen LogP contribution in [0.15, 0.2) is 54.6 Å². The minimum Gasteiger partial charge on any atom is -0.311 e. The maximum Gasteiger partial charge on any atom is 0.258 e. The first-order chi connectivity index (χ1) is 11.6. The molecule has 124 valence electrons.